The zero-order chi connectivity index (χ0) is 20.0. The molecule has 1 fully saturated rings. The zero-order valence-corrected chi connectivity index (χ0v) is 17.1. The minimum absolute atomic E-state index is 0.0626. The highest BCUT2D eigenvalue weighted by atomic mass is 16.5. The summed E-state index contributed by atoms with van der Waals surface area (Å²) in [5, 5.41) is 9.43. The van der Waals surface area contributed by atoms with Crippen molar-refractivity contribution < 1.29 is 14.6 Å². The van der Waals surface area contributed by atoms with Crippen LogP contribution in [0.2, 0.25) is 0 Å². The Hall–Kier alpha value is -2.36. The van der Waals surface area contributed by atoms with E-state index in [4.69, 9.17) is 4.74 Å². The van der Waals surface area contributed by atoms with Gasteiger partial charge in [-0.15, -0.1) is 0 Å². The molecule has 27 heavy (non-hydrogen) atoms. The number of pyridine rings is 1. The highest BCUT2D eigenvalue weighted by Crippen LogP contribution is 2.45. The van der Waals surface area contributed by atoms with Crippen LogP contribution in [0.25, 0.3) is 0 Å². The van der Waals surface area contributed by atoms with Crippen LogP contribution in [0, 0.1) is 12.8 Å². The maximum Gasteiger partial charge on any atom is 0.134 e. The van der Waals surface area contributed by atoms with Crippen LogP contribution >= 0.6 is 0 Å². The van der Waals surface area contributed by atoms with E-state index in [1.165, 1.54) is 11.8 Å². The fourth-order valence-corrected chi connectivity index (χ4v) is 3.63. The number of carbonyl (C=O) groups is 1. The molecule has 1 heterocycles. The van der Waals surface area contributed by atoms with Crippen LogP contribution < -0.4 is 4.74 Å². The summed E-state index contributed by atoms with van der Waals surface area (Å²) in [6, 6.07) is 10.0. The second-order valence-corrected chi connectivity index (χ2v) is 7.80. The number of ether oxygens (including phenoxy) is 1. The highest BCUT2D eigenvalue weighted by molar-refractivity contribution is 5.88. The Kier molecular flexibility index (Phi) is 7.00. The van der Waals surface area contributed by atoms with E-state index in [9.17, 15) is 9.90 Å². The normalized spacial score (nSPS) is 15.0. The molecule has 1 aromatic carbocycles. The van der Waals surface area contributed by atoms with Gasteiger partial charge in [0.15, 0.2) is 0 Å². The van der Waals surface area contributed by atoms with Crippen LogP contribution in [-0.2, 0) is 16.6 Å². The van der Waals surface area contributed by atoms with Gasteiger partial charge < -0.3 is 9.84 Å². The van der Waals surface area contributed by atoms with Crippen LogP contribution in [0.1, 0.15) is 56.9 Å². The first kappa shape index (κ1) is 20.9. The third kappa shape index (κ3) is 5.31. The van der Waals surface area contributed by atoms with Crippen molar-refractivity contribution in [3.8, 4) is 11.5 Å². The number of aromatic hydroxyl groups is 1. The largest absolute Gasteiger partial charge is 0.506 e. The van der Waals surface area contributed by atoms with E-state index in [2.05, 4.69) is 37.9 Å². The molecule has 0 atom stereocenters. The van der Waals surface area contributed by atoms with Crippen molar-refractivity contribution in [3.05, 3.63) is 53.3 Å². The molecule has 0 unspecified atom stereocenters. The second-order valence-electron chi connectivity index (χ2n) is 7.80. The van der Waals surface area contributed by atoms with Crippen LogP contribution in [0.5, 0.6) is 11.5 Å². The molecule has 1 aliphatic rings. The predicted octanol–water partition coefficient (Wildman–Crippen LogP) is 5.00. The number of hydrogen-bond acceptors (Lipinski definition) is 4. The van der Waals surface area contributed by atoms with Gasteiger partial charge in [0.05, 0.1) is 13.3 Å². The molecule has 2 aromatic rings. The van der Waals surface area contributed by atoms with E-state index in [-0.39, 0.29) is 11.2 Å². The van der Waals surface area contributed by atoms with Crippen molar-refractivity contribution in [3.63, 3.8) is 0 Å². The predicted molar refractivity (Wildman–Crippen MR) is 108 cm³/mol. The lowest BCUT2D eigenvalue weighted by Gasteiger charge is -2.40. The van der Waals surface area contributed by atoms with Gasteiger partial charge in [-0.3, -0.25) is 9.78 Å². The van der Waals surface area contributed by atoms with Gasteiger partial charge in [-0.05, 0) is 55.0 Å². The molecule has 0 spiro atoms. The summed E-state index contributed by atoms with van der Waals surface area (Å²) >= 11 is 0. The summed E-state index contributed by atoms with van der Waals surface area (Å²) in [6.07, 6.45) is 4.70. The summed E-state index contributed by atoms with van der Waals surface area (Å²) in [6.45, 7) is 8.46. The number of benzene rings is 1. The summed E-state index contributed by atoms with van der Waals surface area (Å²) in [5.74, 6) is 2.14. The molecule has 4 heteroatoms. The van der Waals surface area contributed by atoms with Gasteiger partial charge in [0.25, 0.3) is 0 Å². The molecular formula is C23H31NO3. The molecule has 0 radical (unpaired) electrons. The van der Waals surface area contributed by atoms with Crippen molar-refractivity contribution in [2.24, 2.45) is 5.92 Å². The van der Waals surface area contributed by atoms with Gasteiger partial charge in [-0.25, -0.2) is 0 Å². The van der Waals surface area contributed by atoms with E-state index in [1.54, 1.807) is 13.2 Å². The first-order valence-corrected chi connectivity index (χ1v) is 9.60. The maximum absolute atomic E-state index is 11.2. The quantitative estimate of drug-likeness (QED) is 0.806. The Morgan fingerprint density at radius 2 is 1.85 bits per heavy atom. The summed E-state index contributed by atoms with van der Waals surface area (Å²) < 4.78 is 5.07. The summed E-state index contributed by atoms with van der Waals surface area (Å²) in [4.78, 5) is 15.3. The first-order valence-electron chi connectivity index (χ1n) is 9.60. The van der Waals surface area contributed by atoms with E-state index in [1.807, 2.05) is 19.1 Å². The minimum Gasteiger partial charge on any atom is -0.506 e. The first-order chi connectivity index (χ1) is 12.8. The molecule has 1 aliphatic carbocycles. The van der Waals surface area contributed by atoms with Crippen molar-refractivity contribution in [2.75, 3.05) is 7.11 Å². The average molecular weight is 370 g/mol. The molecule has 4 nitrogen and oxygen atoms in total. The van der Waals surface area contributed by atoms with Gasteiger partial charge in [-0.2, -0.15) is 0 Å². The zero-order valence-electron chi connectivity index (χ0n) is 17.1. The molecule has 146 valence electrons. The molecule has 1 N–H and O–H groups in total. The lowest BCUT2D eigenvalue weighted by Crippen LogP contribution is -2.41. The Bertz CT molecular complexity index is 758. The fourth-order valence-electron chi connectivity index (χ4n) is 3.63. The molecule has 1 saturated carbocycles. The third-order valence-electron chi connectivity index (χ3n) is 5.19. The van der Waals surface area contributed by atoms with Gasteiger partial charge in [0.2, 0.25) is 0 Å². The number of hydrogen-bond donors (Lipinski definition) is 1. The SMILES string of the molecule is CCC1(c2cc(O)cnc2C)CC(=O)C1.COc1ccc(CC(C)C)cc1. The molecule has 0 aliphatic heterocycles. The fraction of sp³-hybridized carbons (Fsp3) is 0.478. The van der Waals surface area contributed by atoms with Crippen LogP contribution in [-0.4, -0.2) is 23.0 Å². The average Bonchev–Trinajstić information content (AvgIpc) is 2.62. The van der Waals surface area contributed by atoms with Crippen LogP contribution in [0.15, 0.2) is 36.5 Å². The number of ketones is 1. The third-order valence-corrected chi connectivity index (χ3v) is 5.19. The standard InChI is InChI=1S/C12H15NO2.C11H16O/c1-3-12(5-10(15)6-12)11-4-9(14)7-13-8(11)2;1-9(2)8-10-4-6-11(12-3)7-5-10/h4,7,14H,3,5-6H2,1-2H3;4-7,9H,8H2,1-3H3. The van der Waals surface area contributed by atoms with Gasteiger partial charge in [0, 0.05) is 24.0 Å². The van der Waals surface area contributed by atoms with Crippen molar-refractivity contribution in [1.29, 1.82) is 0 Å². The molecule has 0 bridgehead atoms. The van der Waals surface area contributed by atoms with E-state index in [0.29, 0.717) is 18.6 Å². The number of aryl methyl sites for hydroxylation is 1. The van der Waals surface area contributed by atoms with Crippen LogP contribution in [0.4, 0.5) is 0 Å². The van der Waals surface area contributed by atoms with Gasteiger partial charge >= 0.3 is 0 Å². The molecule has 0 saturated heterocycles. The second kappa shape index (κ2) is 9.03. The van der Waals surface area contributed by atoms with Crippen molar-refractivity contribution in [2.45, 2.75) is 58.8 Å². The highest BCUT2D eigenvalue weighted by Gasteiger charge is 2.44. The minimum atomic E-state index is -0.0626. The smallest absolute Gasteiger partial charge is 0.134 e. The monoisotopic (exact) mass is 369 g/mol. The van der Waals surface area contributed by atoms with E-state index in [0.717, 1.165) is 35.8 Å². The molecule has 1 aromatic heterocycles. The van der Waals surface area contributed by atoms with Crippen molar-refractivity contribution in [1.82, 2.24) is 4.98 Å². The summed E-state index contributed by atoms with van der Waals surface area (Å²) in [5.41, 5.74) is 3.27. The van der Waals surface area contributed by atoms with Gasteiger partial charge in [-0.1, -0.05) is 32.9 Å². The van der Waals surface area contributed by atoms with Gasteiger partial charge in [0.1, 0.15) is 17.3 Å². The van der Waals surface area contributed by atoms with Crippen LogP contribution in [0.3, 0.4) is 0 Å². The molecular weight excluding hydrogens is 338 g/mol. The lowest BCUT2D eigenvalue weighted by atomic mass is 9.62. The number of methoxy groups -OCH3 is 1. The number of nitrogens with zero attached hydrogens (tertiary/aromatic N) is 1. The van der Waals surface area contributed by atoms with E-state index < -0.39 is 0 Å². The van der Waals surface area contributed by atoms with E-state index >= 15 is 0 Å². The Morgan fingerprint density at radius 1 is 1.22 bits per heavy atom. The lowest BCUT2D eigenvalue weighted by molar-refractivity contribution is -0.128. The Balaban J connectivity index is 0.000000199. The maximum atomic E-state index is 11.2. The Morgan fingerprint density at radius 3 is 2.33 bits per heavy atom. The topological polar surface area (TPSA) is 59.4 Å². The van der Waals surface area contributed by atoms with Crippen molar-refractivity contribution >= 4 is 5.78 Å². The number of Topliss-reactive ketones (excluding diaryl/α,β-unsaturated/α-hetero) is 1. The number of aromatic nitrogens is 1. The Labute approximate surface area is 162 Å². The molecule has 3 rings (SSSR count). The number of carbonyl (C=O) groups excluding carboxylic acids is 1. The number of rotatable bonds is 5. The summed E-state index contributed by atoms with van der Waals surface area (Å²) in [7, 11) is 1.69. The molecule has 0 amide bonds.